The van der Waals surface area contributed by atoms with Crippen LogP contribution in [0.1, 0.15) is 32.4 Å². The lowest BCUT2D eigenvalue weighted by Gasteiger charge is -2.47. The Labute approximate surface area is 201 Å². The third kappa shape index (κ3) is 4.68. The molecule has 3 heterocycles. The van der Waals surface area contributed by atoms with Crippen LogP contribution in [0.2, 0.25) is 0 Å². The van der Waals surface area contributed by atoms with Crippen LogP contribution in [0.5, 0.6) is 5.75 Å². The Hall–Kier alpha value is -3.58. The SMILES string of the molecule is [C-]#[N+]c1ccc2c(n1)c(N1C[C@@H](C)N(C(C)c3cc(OC(F)F)ccc3F)C[C@@H]1C)cc(=O)n2C. The van der Waals surface area contributed by atoms with Gasteiger partial charge < -0.3 is 19.0 Å². The average molecular weight is 486 g/mol. The molecule has 35 heavy (non-hydrogen) atoms. The first kappa shape index (κ1) is 24.5. The quantitative estimate of drug-likeness (QED) is 0.482. The van der Waals surface area contributed by atoms with Gasteiger partial charge in [-0.2, -0.15) is 8.78 Å². The molecule has 1 aromatic carbocycles. The molecule has 0 N–H and O–H groups in total. The van der Waals surface area contributed by atoms with Crippen LogP contribution in [0.15, 0.2) is 41.2 Å². The number of benzene rings is 1. The van der Waals surface area contributed by atoms with Gasteiger partial charge in [-0.15, -0.1) is 4.98 Å². The second-order valence-corrected chi connectivity index (χ2v) is 8.86. The van der Waals surface area contributed by atoms with Crippen molar-refractivity contribution in [3.63, 3.8) is 0 Å². The molecule has 0 bridgehead atoms. The minimum atomic E-state index is -2.99. The number of anilines is 1. The van der Waals surface area contributed by atoms with Crippen LogP contribution in [-0.2, 0) is 7.05 Å². The number of hydrogen-bond acceptors (Lipinski definition) is 5. The van der Waals surface area contributed by atoms with Gasteiger partial charge in [0.1, 0.15) is 11.6 Å². The van der Waals surface area contributed by atoms with Crippen molar-refractivity contribution in [2.24, 2.45) is 7.05 Å². The maximum absolute atomic E-state index is 14.7. The molecular weight excluding hydrogens is 459 g/mol. The molecule has 10 heteroatoms. The molecule has 1 saturated heterocycles. The zero-order chi connectivity index (χ0) is 25.4. The molecule has 3 aromatic rings. The largest absolute Gasteiger partial charge is 0.435 e. The number of rotatable bonds is 5. The van der Waals surface area contributed by atoms with Gasteiger partial charge in [0.25, 0.3) is 11.4 Å². The van der Waals surface area contributed by atoms with Crippen LogP contribution in [0, 0.1) is 12.4 Å². The Bertz CT molecular complexity index is 1350. The third-order valence-electron chi connectivity index (χ3n) is 6.65. The topological polar surface area (TPSA) is 55.0 Å². The summed E-state index contributed by atoms with van der Waals surface area (Å²) in [5, 5.41) is 0. The van der Waals surface area contributed by atoms with Gasteiger partial charge >= 0.3 is 6.61 Å². The number of aromatic nitrogens is 2. The number of hydrogen-bond donors (Lipinski definition) is 0. The average Bonchev–Trinajstić information content (AvgIpc) is 2.82. The summed E-state index contributed by atoms with van der Waals surface area (Å²) in [7, 11) is 1.67. The highest BCUT2D eigenvalue weighted by Gasteiger charge is 2.35. The Morgan fingerprint density at radius 1 is 1.14 bits per heavy atom. The molecule has 1 fully saturated rings. The molecule has 1 unspecified atom stereocenters. The van der Waals surface area contributed by atoms with Gasteiger partial charge in [-0.05, 0) is 51.1 Å². The zero-order valence-corrected chi connectivity index (χ0v) is 19.9. The summed E-state index contributed by atoms with van der Waals surface area (Å²) in [6.45, 7) is 11.2. The van der Waals surface area contributed by atoms with Crippen molar-refractivity contribution >= 4 is 22.5 Å². The maximum Gasteiger partial charge on any atom is 0.387 e. The van der Waals surface area contributed by atoms with E-state index in [0.29, 0.717) is 29.8 Å². The molecule has 2 aromatic heterocycles. The van der Waals surface area contributed by atoms with E-state index in [-0.39, 0.29) is 34.8 Å². The minimum Gasteiger partial charge on any atom is -0.435 e. The van der Waals surface area contributed by atoms with Gasteiger partial charge in [0.05, 0.1) is 11.2 Å². The van der Waals surface area contributed by atoms with E-state index in [1.165, 1.54) is 22.8 Å². The molecule has 3 atom stereocenters. The van der Waals surface area contributed by atoms with E-state index in [2.05, 4.69) is 24.4 Å². The highest BCUT2D eigenvalue weighted by Crippen LogP contribution is 2.34. The monoisotopic (exact) mass is 485 g/mol. The molecule has 0 radical (unpaired) electrons. The Morgan fingerprint density at radius 3 is 2.57 bits per heavy atom. The number of alkyl halides is 2. The molecule has 4 rings (SSSR count). The van der Waals surface area contributed by atoms with Crippen molar-refractivity contribution in [1.29, 1.82) is 0 Å². The fourth-order valence-electron chi connectivity index (χ4n) is 4.81. The van der Waals surface area contributed by atoms with E-state index in [4.69, 9.17) is 6.57 Å². The zero-order valence-electron chi connectivity index (χ0n) is 19.9. The highest BCUT2D eigenvalue weighted by atomic mass is 19.3. The first-order chi connectivity index (χ1) is 16.6. The van der Waals surface area contributed by atoms with Gasteiger partial charge in [-0.3, -0.25) is 9.69 Å². The van der Waals surface area contributed by atoms with Gasteiger partial charge in [-0.25, -0.2) is 4.39 Å². The lowest BCUT2D eigenvalue weighted by molar-refractivity contribution is -0.0500. The maximum atomic E-state index is 14.7. The number of fused-ring (bicyclic) bond motifs is 1. The smallest absolute Gasteiger partial charge is 0.387 e. The molecule has 1 aliphatic rings. The summed E-state index contributed by atoms with van der Waals surface area (Å²) in [5.74, 6) is -0.336. The predicted molar refractivity (Wildman–Crippen MR) is 128 cm³/mol. The molecule has 0 saturated carbocycles. The highest BCUT2D eigenvalue weighted by molar-refractivity contribution is 5.89. The van der Waals surface area contributed by atoms with Crippen LogP contribution in [-0.4, -0.2) is 46.2 Å². The second-order valence-electron chi connectivity index (χ2n) is 8.86. The molecule has 0 spiro atoms. The molecular formula is C25H26F3N5O2. The standard InChI is InChI=1S/C25H26F3N5O2/c1-14-13-33(21-11-23(34)31(5)20-8-9-22(29-4)30-24(20)21)15(2)12-32(14)16(3)18-10-17(35-25(27)28)6-7-19(18)26/h6-11,14-16,25H,12-13H2,1-3,5H3/t14-,15+,16?/m1/s1. The number of halogens is 3. The van der Waals surface area contributed by atoms with Crippen LogP contribution in [0.3, 0.4) is 0 Å². The Balaban J connectivity index is 1.66. The molecule has 7 nitrogen and oxygen atoms in total. The van der Waals surface area contributed by atoms with Gasteiger partial charge in [0, 0.05) is 49.9 Å². The van der Waals surface area contributed by atoms with Gasteiger partial charge in [-0.1, -0.05) is 6.57 Å². The van der Waals surface area contributed by atoms with Crippen molar-refractivity contribution < 1.29 is 17.9 Å². The Morgan fingerprint density at radius 2 is 1.89 bits per heavy atom. The van der Waals surface area contributed by atoms with E-state index < -0.39 is 18.5 Å². The number of pyridine rings is 2. The molecule has 184 valence electrons. The summed E-state index contributed by atoms with van der Waals surface area (Å²) in [6.07, 6.45) is 0. The van der Waals surface area contributed by atoms with E-state index in [9.17, 15) is 18.0 Å². The molecule has 0 amide bonds. The number of ether oxygens (including phenoxy) is 1. The van der Waals surface area contributed by atoms with E-state index in [1.54, 1.807) is 19.2 Å². The van der Waals surface area contributed by atoms with Crippen LogP contribution >= 0.6 is 0 Å². The van der Waals surface area contributed by atoms with Gasteiger partial charge in [0.15, 0.2) is 0 Å². The lowest BCUT2D eigenvalue weighted by atomic mass is 9.99. The van der Waals surface area contributed by atoms with Crippen molar-refractivity contribution in [2.45, 2.75) is 45.5 Å². The summed E-state index contributed by atoms with van der Waals surface area (Å²) < 4.78 is 45.9. The summed E-state index contributed by atoms with van der Waals surface area (Å²) in [4.78, 5) is 24.8. The third-order valence-corrected chi connectivity index (χ3v) is 6.65. The van der Waals surface area contributed by atoms with Crippen LogP contribution in [0.25, 0.3) is 15.9 Å². The molecule has 0 aliphatic carbocycles. The number of nitrogens with zero attached hydrogens (tertiary/aromatic N) is 5. The van der Waals surface area contributed by atoms with Crippen molar-refractivity contribution in [3.8, 4) is 5.75 Å². The summed E-state index contributed by atoms with van der Waals surface area (Å²) in [5.41, 5.74) is 1.95. The van der Waals surface area contributed by atoms with E-state index >= 15 is 0 Å². The fourth-order valence-corrected chi connectivity index (χ4v) is 4.81. The normalized spacial score (nSPS) is 19.7. The lowest BCUT2D eigenvalue weighted by Crippen LogP contribution is -2.57. The van der Waals surface area contributed by atoms with Crippen LogP contribution < -0.4 is 15.2 Å². The minimum absolute atomic E-state index is 0.0663. The fraction of sp³-hybridized carbons (Fsp3) is 0.400. The van der Waals surface area contributed by atoms with Crippen molar-refractivity contribution in [2.75, 3.05) is 18.0 Å². The summed E-state index contributed by atoms with van der Waals surface area (Å²) in [6, 6.07) is 7.95. The number of aryl methyl sites for hydroxylation is 1. The van der Waals surface area contributed by atoms with Crippen molar-refractivity contribution in [1.82, 2.24) is 14.5 Å². The Kier molecular flexibility index (Phi) is 6.72. The van der Waals surface area contributed by atoms with Crippen LogP contribution in [0.4, 0.5) is 24.7 Å². The van der Waals surface area contributed by atoms with E-state index in [1.807, 2.05) is 20.8 Å². The van der Waals surface area contributed by atoms with Crippen molar-refractivity contribution in [3.05, 3.63) is 69.5 Å². The number of piperazine rings is 1. The van der Waals surface area contributed by atoms with Gasteiger partial charge in [0.2, 0.25) is 5.52 Å². The molecule has 1 aliphatic heterocycles. The van der Waals surface area contributed by atoms with E-state index in [0.717, 1.165) is 6.07 Å². The summed E-state index contributed by atoms with van der Waals surface area (Å²) >= 11 is 0. The second kappa shape index (κ2) is 9.58. The first-order valence-electron chi connectivity index (χ1n) is 11.3. The first-order valence-corrected chi connectivity index (χ1v) is 11.3. The predicted octanol–water partition coefficient (Wildman–Crippen LogP) is 4.88.